The van der Waals surface area contributed by atoms with Crippen LogP contribution in [0, 0.1) is 6.92 Å². The molecule has 112 valence electrons. The molecule has 0 saturated carbocycles. The molecule has 0 aromatic carbocycles. The van der Waals surface area contributed by atoms with Gasteiger partial charge in [0, 0.05) is 18.3 Å². The van der Waals surface area contributed by atoms with E-state index in [1.807, 2.05) is 6.92 Å². The summed E-state index contributed by atoms with van der Waals surface area (Å²) in [5, 5.41) is 9.12. The monoisotopic (exact) mass is 310 g/mol. The fraction of sp³-hybridized carbons (Fsp3) is 0.357. The molecule has 0 unspecified atom stereocenters. The third-order valence-electron chi connectivity index (χ3n) is 3.52. The number of carboxylic acids is 1. The highest BCUT2D eigenvalue weighted by Crippen LogP contribution is 2.24. The van der Waals surface area contributed by atoms with Gasteiger partial charge in [-0.15, -0.1) is 12.4 Å². The number of hydrogen-bond acceptors (Lipinski definition) is 4. The van der Waals surface area contributed by atoms with E-state index in [1.165, 1.54) is 4.90 Å². The van der Waals surface area contributed by atoms with Crippen LogP contribution >= 0.6 is 12.4 Å². The number of likely N-dealkylation sites (tertiary alicyclic amines) is 1. The Balaban J connectivity index is 0.00000161. The summed E-state index contributed by atoms with van der Waals surface area (Å²) < 4.78 is 5.48. The van der Waals surface area contributed by atoms with Crippen molar-refractivity contribution in [2.45, 2.75) is 25.8 Å². The van der Waals surface area contributed by atoms with Crippen LogP contribution in [-0.4, -0.2) is 39.5 Å². The van der Waals surface area contributed by atoms with Gasteiger partial charge < -0.3 is 14.4 Å². The average molecular weight is 311 g/mol. The van der Waals surface area contributed by atoms with Crippen molar-refractivity contribution in [3.8, 4) is 0 Å². The van der Waals surface area contributed by atoms with Crippen molar-refractivity contribution in [1.29, 1.82) is 0 Å². The second-order valence-corrected chi connectivity index (χ2v) is 4.94. The summed E-state index contributed by atoms with van der Waals surface area (Å²) in [6.07, 6.45) is 1.18. The molecule has 2 aromatic rings. The van der Waals surface area contributed by atoms with E-state index in [2.05, 4.69) is 4.98 Å². The number of rotatable bonds is 2. The van der Waals surface area contributed by atoms with Gasteiger partial charge in [0.15, 0.2) is 11.3 Å². The van der Waals surface area contributed by atoms with Crippen LogP contribution in [0.5, 0.6) is 0 Å². The molecule has 0 radical (unpaired) electrons. The summed E-state index contributed by atoms with van der Waals surface area (Å²) in [4.78, 5) is 29.1. The summed E-state index contributed by atoms with van der Waals surface area (Å²) >= 11 is 0. The molecule has 0 spiro atoms. The van der Waals surface area contributed by atoms with Crippen LogP contribution in [0.25, 0.3) is 11.1 Å². The van der Waals surface area contributed by atoms with Crippen LogP contribution in [-0.2, 0) is 4.79 Å². The molecule has 1 saturated heterocycles. The first kappa shape index (κ1) is 15.3. The molecule has 21 heavy (non-hydrogen) atoms. The van der Waals surface area contributed by atoms with Gasteiger partial charge in [0.2, 0.25) is 0 Å². The predicted octanol–water partition coefficient (Wildman–Crippen LogP) is 2.25. The lowest BCUT2D eigenvalue weighted by atomic mass is 10.2. The lowest BCUT2D eigenvalue weighted by molar-refractivity contribution is -0.141. The number of carbonyl (C=O) groups is 2. The van der Waals surface area contributed by atoms with Crippen molar-refractivity contribution in [2.24, 2.45) is 0 Å². The first-order valence-corrected chi connectivity index (χ1v) is 6.47. The van der Waals surface area contributed by atoms with Gasteiger partial charge >= 0.3 is 5.97 Å². The Morgan fingerprint density at radius 3 is 2.90 bits per heavy atom. The minimum Gasteiger partial charge on any atom is -0.480 e. The largest absolute Gasteiger partial charge is 0.480 e. The number of pyridine rings is 1. The van der Waals surface area contributed by atoms with Crippen molar-refractivity contribution >= 4 is 35.4 Å². The summed E-state index contributed by atoms with van der Waals surface area (Å²) in [6.45, 7) is 2.30. The zero-order valence-electron chi connectivity index (χ0n) is 11.4. The number of halogens is 1. The third kappa shape index (κ3) is 2.71. The van der Waals surface area contributed by atoms with Gasteiger partial charge in [0.1, 0.15) is 11.6 Å². The number of carbonyl (C=O) groups excluding carboxylic acids is 1. The van der Waals surface area contributed by atoms with Gasteiger partial charge in [-0.2, -0.15) is 0 Å². The first-order chi connectivity index (χ1) is 9.56. The zero-order valence-corrected chi connectivity index (χ0v) is 12.2. The van der Waals surface area contributed by atoms with Gasteiger partial charge in [0.05, 0.1) is 0 Å². The van der Waals surface area contributed by atoms with Crippen molar-refractivity contribution in [3.63, 3.8) is 0 Å². The maximum absolute atomic E-state index is 12.4. The molecule has 0 bridgehead atoms. The van der Waals surface area contributed by atoms with E-state index in [9.17, 15) is 9.59 Å². The van der Waals surface area contributed by atoms with Crippen LogP contribution < -0.4 is 0 Å². The van der Waals surface area contributed by atoms with E-state index < -0.39 is 12.0 Å². The van der Waals surface area contributed by atoms with Gasteiger partial charge in [-0.05, 0) is 31.9 Å². The van der Waals surface area contributed by atoms with Gasteiger partial charge in [-0.25, -0.2) is 9.78 Å². The number of carboxylic acid groups (broad SMARTS) is 1. The lowest BCUT2D eigenvalue weighted by Gasteiger charge is -2.19. The highest BCUT2D eigenvalue weighted by atomic mass is 35.5. The number of nitrogens with zero attached hydrogens (tertiary/aromatic N) is 2. The molecule has 1 N–H and O–H groups in total. The van der Waals surface area contributed by atoms with Crippen molar-refractivity contribution < 1.29 is 19.1 Å². The van der Waals surface area contributed by atoms with Crippen LogP contribution in [0.2, 0.25) is 0 Å². The van der Waals surface area contributed by atoms with Gasteiger partial charge in [-0.1, -0.05) is 0 Å². The number of aromatic nitrogens is 1. The summed E-state index contributed by atoms with van der Waals surface area (Å²) in [7, 11) is 0. The molecule has 1 aliphatic rings. The fourth-order valence-electron chi connectivity index (χ4n) is 2.54. The Labute approximate surface area is 127 Å². The molecular formula is C14H15ClN2O4. The summed E-state index contributed by atoms with van der Waals surface area (Å²) in [6, 6.07) is 4.37. The number of fused-ring (bicyclic) bond motifs is 1. The van der Waals surface area contributed by atoms with E-state index in [-0.39, 0.29) is 24.1 Å². The number of hydrogen-bond donors (Lipinski definition) is 1. The van der Waals surface area contributed by atoms with Crippen LogP contribution in [0.3, 0.4) is 0 Å². The summed E-state index contributed by atoms with van der Waals surface area (Å²) in [5.74, 6) is -1.21. The quantitative estimate of drug-likeness (QED) is 0.919. The smallest absolute Gasteiger partial charge is 0.326 e. The molecule has 6 nitrogen and oxygen atoms in total. The van der Waals surface area contributed by atoms with Crippen molar-refractivity contribution in [2.75, 3.05) is 6.54 Å². The molecule has 3 rings (SSSR count). The van der Waals surface area contributed by atoms with Crippen molar-refractivity contribution in [1.82, 2.24) is 9.88 Å². The van der Waals surface area contributed by atoms with Gasteiger partial charge in [0.25, 0.3) is 5.91 Å². The minimum atomic E-state index is -0.971. The molecule has 7 heteroatoms. The van der Waals surface area contributed by atoms with Crippen LogP contribution in [0.15, 0.2) is 22.6 Å². The van der Waals surface area contributed by atoms with Crippen LogP contribution in [0.4, 0.5) is 0 Å². The topological polar surface area (TPSA) is 83.6 Å². The van der Waals surface area contributed by atoms with E-state index in [0.29, 0.717) is 30.5 Å². The molecule has 1 aliphatic heterocycles. The second kappa shape index (κ2) is 5.73. The standard InChI is InChI=1S/C14H14N2O4.ClH/c1-8-4-5-11-9(15-8)7-12(20-11)13(17)16-6-2-3-10(16)14(18)19;/h4-5,7,10H,2-3,6H2,1H3,(H,18,19);1H/t10-;/m0./s1. The minimum absolute atomic E-state index is 0. The predicted molar refractivity (Wildman–Crippen MR) is 77.7 cm³/mol. The zero-order chi connectivity index (χ0) is 14.3. The van der Waals surface area contributed by atoms with Crippen LogP contribution in [0.1, 0.15) is 29.1 Å². The molecule has 2 aromatic heterocycles. The Bertz CT molecular complexity index is 697. The summed E-state index contributed by atoms with van der Waals surface area (Å²) in [5.41, 5.74) is 1.98. The molecular weight excluding hydrogens is 296 g/mol. The van der Waals surface area contributed by atoms with E-state index in [0.717, 1.165) is 5.69 Å². The van der Waals surface area contributed by atoms with Gasteiger partial charge in [-0.3, -0.25) is 4.79 Å². The highest BCUT2D eigenvalue weighted by molar-refractivity contribution is 5.97. The molecule has 0 aliphatic carbocycles. The Hall–Kier alpha value is -2.08. The first-order valence-electron chi connectivity index (χ1n) is 6.47. The molecule has 1 atom stereocenters. The van der Waals surface area contributed by atoms with E-state index in [4.69, 9.17) is 9.52 Å². The lowest BCUT2D eigenvalue weighted by Crippen LogP contribution is -2.40. The molecule has 1 amide bonds. The van der Waals surface area contributed by atoms with E-state index in [1.54, 1.807) is 18.2 Å². The Morgan fingerprint density at radius 1 is 1.43 bits per heavy atom. The average Bonchev–Trinajstić information content (AvgIpc) is 3.03. The SMILES string of the molecule is Cc1ccc2oc(C(=O)N3CCC[C@H]3C(=O)O)cc2n1.Cl. The third-order valence-corrected chi connectivity index (χ3v) is 3.52. The number of aryl methyl sites for hydroxylation is 1. The normalized spacial score (nSPS) is 17.8. The number of furan rings is 1. The number of amides is 1. The molecule has 3 heterocycles. The second-order valence-electron chi connectivity index (χ2n) is 4.94. The highest BCUT2D eigenvalue weighted by Gasteiger charge is 2.35. The fourth-order valence-corrected chi connectivity index (χ4v) is 2.54. The molecule has 1 fully saturated rings. The Kier molecular flexibility index (Phi) is 4.18. The maximum Gasteiger partial charge on any atom is 0.326 e. The van der Waals surface area contributed by atoms with E-state index >= 15 is 0 Å². The number of aliphatic carboxylic acids is 1. The maximum atomic E-state index is 12.4. The van der Waals surface area contributed by atoms with Crippen molar-refractivity contribution in [3.05, 3.63) is 29.7 Å². The Morgan fingerprint density at radius 2 is 2.19 bits per heavy atom.